The third-order valence-corrected chi connectivity index (χ3v) is 7.58. The molecule has 2 unspecified atom stereocenters. The van der Waals surface area contributed by atoms with E-state index in [4.69, 9.17) is 0 Å². The molecule has 2 amide bonds. The summed E-state index contributed by atoms with van der Waals surface area (Å²) >= 11 is 0. The molecule has 132 valence electrons. The molecule has 2 heterocycles. The lowest BCUT2D eigenvalue weighted by atomic mass is 10.1. The summed E-state index contributed by atoms with van der Waals surface area (Å²) in [5.41, 5.74) is 0.942. The number of nitrogens with zero attached hydrogens (tertiary/aromatic N) is 1. The number of imide groups is 1. The Kier molecular flexibility index (Phi) is 3.82. The maximum Gasteiger partial charge on any atom is 0.280 e. The minimum Gasteiger partial charge on any atom is -0.286 e. The fourth-order valence-electron chi connectivity index (χ4n) is 3.05. The summed E-state index contributed by atoms with van der Waals surface area (Å²) in [6.07, 6.45) is 1.43. The van der Waals surface area contributed by atoms with Gasteiger partial charge in [0.15, 0.2) is 0 Å². The van der Waals surface area contributed by atoms with Crippen LogP contribution in [0.3, 0.4) is 0 Å². The van der Waals surface area contributed by atoms with Gasteiger partial charge in [0.1, 0.15) is 5.25 Å². The number of carbonyl (C=O) groups is 2. The Labute approximate surface area is 152 Å². The minimum atomic E-state index is -3.84. The molecule has 0 spiro atoms. The van der Waals surface area contributed by atoms with Gasteiger partial charge in [0.05, 0.1) is 10.4 Å². The molecular weight excluding hydrogens is 372 g/mol. The van der Waals surface area contributed by atoms with Crippen LogP contribution in [0, 0.1) is 0 Å². The fraction of sp³-hybridized carbons (Fsp3) is 0.0556. The molecule has 1 aliphatic rings. The lowest BCUT2D eigenvalue weighted by Gasteiger charge is -2.07. The predicted octanol–water partition coefficient (Wildman–Crippen LogP) is 2.87. The van der Waals surface area contributed by atoms with E-state index < -0.39 is 36.9 Å². The van der Waals surface area contributed by atoms with E-state index in [1.807, 2.05) is 0 Å². The predicted molar refractivity (Wildman–Crippen MR) is 102 cm³/mol. The lowest BCUT2D eigenvalue weighted by Crippen LogP contribution is -2.20. The highest BCUT2D eigenvalue weighted by atomic mass is 32.2. The quantitative estimate of drug-likeness (QED) is 0.702. The number of rotatable bonds is 3. The zero-order chi connectivity index (χ0) is 18.5. The first-order valence-corrected chi connectivity index (χ1v) is 10.6. The van der Waals surface area contributed by atoms with Crippen molar-refractivity contribution in [2.24, 2.45) is 0 Å². The minimum absolute atomic E-state index is 0.146. The molecule has 8 heteroatoms. The topological polar surface area (TPSA) is 85.2 Å². The molecule has 0 radical (unpaired) electrons. The Balaban J connectivity index is 1.98. The molecule has 0 aliphatic carbocycles. The first kappa shape index (κ1) is 16.7. The van der Waals surface area contributed by atoms with E-state index in [1.165, 1.54) is 22.3 Å². The first-order chi connectivity index (χ1) is 12.4. The van der Waals surface area contributed by atoms with Gasteiger partial charge in [-0.3, -0.25) is 14.9 Å². The molecule has 1 fully saturated rings. The molecule has 2 atom stereocenters. The number of nitrogens with one attached hydrogen (secondary N) is 1. The third kappa shape index (κ3) is 2.41. The summed E-state index contributed by atoms with van der Waals surface area (Å²) in [7, 11) is -4.95. The van der Waals surface area contributed by atoms with E-state index >= 15 is 0 Å². The van der Waals surface area contributed by atoms with Gasteiger partial charge in [0, 0.05) is 17.1 Å². The van der Waals surface area contributed by atoms with Crippen molar-refractivity contribution in [3.05, 3.63) is 66.4 Å². The highest BCUT2D eigenvalue weighted by Gasteiger charge is 2.37. The Morgan fingerprint density at radius 1 is 1.00 bits per heavy atom. The number of hydrogen-bond donors (Lipinski definition) is 1. The second-order valence-corrected chi connectivity index (χ2v) is 9.32. The number of aromatic nitrogens is 1. The van der Waals surface area contributed by atoms with E-state index in [0.717, 1.165) is 0 Å². The molecule has 0 saturated carbocycles. The summed E-state index contributed by atoms with van der Waals surface area (Å²) in [5, 5.41) is 1.67. The van der Waals surface area contributed by atoms with Crippen molar-refractivity contribution in [1.82, 2.24) is 9.29 Å². The van der Waals surface area contributed by atoms with Gasteiger partial charge in [-0.05, 0) is 18.2 Å². The van der Waals surface area contributed by atoms with E-state index in [9.17, 15) is 18.0 Å². The van der Waals surface area contributed by atoms with Crippen LogP contribution in [-0.2, 0) is 14.8 Å². The maximum absolute atomic E-state index is 13.1. The molecule has 3 aromatic rings. The van der Waals surface area contributed by atoms with Gasteiger partial charge >= 0.3 is 0 Å². The lowest BCUT2D eigenvalue weighted by molar-refractivity contribution is -0.119. The second kappa shape index (κ2) is 5.93. The second-order valence-electron chi connectivity index (χ2n) is 5.80. The average Bonchev–Trinajstić information content (AvgIpc) is 3.13. The Hall–Kier alpha value is -2.71. The fourth-order valence-corrected chi connectivity index (χ4v) is 5.71. The SMILES string of the molecule is C=S1C(=O)NC(=O)C1c1cn(S(=O)(=O)c2ccccc2)c2ccccc12. The molecule has 2 aromatic carbocycles. The third-order valence-electron chi connectivity index (χ3n) is 4.28. The van der Waals surface area contributed by atoms with Crippen LogP contribution in [-0.4, -0.2) is 29.4 Å². The van der Waals surface area contributed by atoms with Crippen molar-refractivity contribution in [3.8, 4) is 0 Å². The van der Waals surface area contributed by atoms with Gasteiger partial charge in [0.25, 0.3) is 15.3 Å². The van der Waals surface area contributed by atoms with Crippen LogP contribution in [0.15, 0.2) is 65.7 Å². The summed E-state index contributed by atoms with van der Waals surface area (Å²) < 4.78 is 27.3. The van der Waals surface area contributed by atoms with Crippen LogP contribution in [0.1, 0.15) is 10.8 Å². The van der Waals surface area contributed by atoms with Gasteiger partial charge in [0.2, 0.25) is 5.91 Å². The standard InChI is InChI=1S/C18H14N2O4S2/c1-25-16(17(21)19-18(25)22)14-11-20(15-10-6-5-9-13(14)15)26(23,24)12-7-3-2-4-8-12/h2-11,16H,1H2,(H,19,21,22). The maximum atomic E-state index is 13.1. The largest absolute Gasteiger partial charge is 0.286 e. The number of fused-ring (bicyclic) bond motifs is 1. The van der Waals surface area contributed by atoms with Crippen LogP contribution in [0.4, 0.5) is 4.79 Å². The van der Waals surface area contributed by atoms with Crippen LogP contribution >= 0.6 is 10.5 Å². The molecule has 1 aliphatic heterocycles. The monoisotopic (exact) mass is 386 g/mol. The zero-order valence-electron chi connectivity index (χ0n) is 13.5. The Morgan fingerprint density at radius 3 is 2.31 bits per heavy atom. The van der Waals surface area contributed by atoms with Gasteiger partial charge in [-0.25, -0.2) is 12.4 Å². The number of hydrogen-bond acceptors (Lipinski definition) is 4. The van der Waals surface area contributed by atoms with E-state index in [1.54, 1.807) is 42.5 Å². The molecule has 26 heavy (non-hydrogen) atoms. The molecule has 4 rings (SSSR count). The van der Waals surface area contributed by atoms with Crippen molar-refractivity contribution < 1.29 is 18.0 Å². The Morgan fingerprint density at radius 2 is 1.65 bits per heavy atom. The van der Waals surface area contributed by atoms with E-state index in [-0.39, 0.29) is 4.90 Å². The van der Waals surface area contributed by atoms with Crippen molar-refractivity contribution in [3.63, 3.8) is 0 Å². The summed E-state index contributed by atoms with van der Waals surface area (Å²) in [6, 6.07) is 15.0. The summed E-state index contributed by atoms with van der Waals surface area (Å²) in [6.45, 7) is 0. The summed E-state index contributed by atoms with van der Waals surface area (Å²) in [5.74, 6) is 3.35. The summed E-state index contributed by atoms with van der Waals surface area (Å²) in [4.78, 5) is 24.2. The smallest absolute Gasteiger partial charge is 0.280 e. The highest BCUT2D eigenvalue weighted by molar-refractivity contribution is 8.28. The van der Waals surface area contributed by atoms with Crippen molar-refractivity contribution in [2.75, 3.05) is 0 Å². The first-order valence-electron chi connectivity index (χ1n) is 7.69. The molecule has 6 nitrogen and oxygen atoms in total. The molecule has 0 bridgehead atoms. The van der Waals surface area contributed by atoms with Crippen molar-refractivity contribution in [1.29, 1.82) is 0 Å². The number of amides is 2. The zero-order valence-corrected chi connectivity index (χ0v) is 15.1. The van der Waals surface area contributed by atoms with Crippen LogP contribution in [0.25, 0.3) is 10.9 Å². The van der Waals surface area contributed by atoms with E-state index in [2.05, 4.69) is 11.2 Å². The van der Waals surface area contributed by atoms with Crippen LogP contribution < -0.4 is 5.32 Å². The number of benzene rings is 2. The molecule has 1 aromatic heterocycles. The van der Waals surface area contributed by atoms with Crippen LogP contribution in [0.5, 0.6) is 0 Å². The van der Waals surface area contributed by atoms with Crippen LogP contribution in [0.2, 0.25) is 0 Å². The number of carbonyl (C=O) groups excluding carboxylic acids is 2. The highest BCUT2D eigenvalue weighted by Crippen LogP contribution is 2.43. The van der Waals surface area contributed by atoms with Crippen molar-refractivity contribution in [2.45, 2.75) is 10.1 Å². The molecule has 1 N–H and O–H groups in total. The van der Waals surface area contributed by atoms with Gasteiger partial charge in [-0.2, -0.15) is 0 Å². The normalized spacial score (nSPS) is 20.5. The van der Waals surface area contributed by atoms with Crippen molar-refractivity contribution >= 4 is 48.4 Å². The van der Waals surface area contributed by atoms with Gasteiger partial charge in [-0.15, -0.1) is 0 Å². The molecular formula is C18H14N2O4S2. The number of para-hydroxylation sites is 1. The van der Waals surface area contributed by atoms with Gasteiger partial charge in [-0.1, -0.05) is 52.8 Å². The Bertz CT molecular complexity index is 1180. The average molecular weight is 386 g/mol. The van der Waals surface area contributed by atoms with Gasteiger partial charge < -0.3 is 0 Å². The molecule has 1 saturated heterocycles. The van der Waals surface area contributed by atoms with E-state index in [0.29, 0.717) is 16.5 Å².